The molecule has 4 nitrogen and oxygen atoms in total. The molecule has 0 saturated heterocycles. The van der Waals surface area contributed by atoms with Gasteiger partial charge < -0.3 is 9.30 Å². The lowest BCUT2D eigenvalue weighted by Gasteiger charge is -2.11. The molecular formula is C24H25N3OS. The number of thioether (sulfide) groups is 1. The standard InChI is InChI=1S/C24H25N3OS/c1-4-27-23(15-28-22-14-17(2)12-13-18(22)3)25-26-24(27)29-16-20-10-7-9-19-8-5-6-11-21(19)20/h5-14H,4,15-16H2,1-3H3. The largest absolute Gasteiger partial charge is 0.485 e. The fourth-order valence-electron chi connectivity index (χ4n) is 3.42. The molecule has 4 aromatic rings. The van der Waals surface area contributed by atoms with E-state index in [9.17, 15) is 0 Å². The zero-order chi connectivity index (χ0) is 20.2. The number of ether oxygens (including phenoxy) is 1. The monoisotopic (exact) mass is 403 g/mol. The summed E-state index contributed by atoms with van der Waals surface area (Å²) in [6, 6.07) is 21.2. The Morgan fingerprint density at radius 3 is 2.66 bits per heavy atom. The van der Waals surface area contributed by atoms with Gasteiger partial charge in [-0.1, -0.05) is 66.4 Å². The normalized spacial score (nSPS) is 11.1. The third-order valence-corrected chi connectivity index (χ3v) is 6.06. The summed E-state index contributed by atoms with van der Waals surface area (Å²) in [5.74, 6) is 2.62. The summed E-state index contributed by atoms with van der Waals surface area (Å²) in [7, 11) is 0. The van der Waals surface area contributed by atoms with Gasteiger partial charge in [-0.3, -0.25) is 0 Å². The third-order valence-electron chi connectivity index (χ3n) is 5.05. The van der Waals surface area contributed by atoms with Crippen molar-refractivity contribution >= 4 is 22.5 Å². The Kier molecular flexibility index (Phi) is 5.86. The van der Waals surface area contributed by atoms with Gasteiger partial charge in [0, 0.05) is 12.3 Å². The van der Waals surface area contributed by atoms with Gasteiger partial charge in [-0.2, -0.15) is 0 Å². The highest BCUT2D eigenvalue weighted by Crippen LogP contribution is 2.27. The average Bonchev–Trinajstić information content (AvgIpc) is 3.14. The molecule has 0 aliphatic carbocycles. The molecule has 0 spiro atoms. The summed E-state index contributed by atoms with van der Waals surface area (Å²) in [6.07, 6.45) is 0. The predicted octanol–water partition coefficient (Wildman–Crippen LogP) is 5.94. The molecule has 4 rings (SSSR count). The Hall–Kier alpha value is -2.79. The first-order valence-corrected chi connectivity index (χ1v) is 10.9. The average molecular weight is 404 g/mol. The molecule has 1 heterocycles. The van der Waals surface area contributed by atoms with Crippen molar-refractivity contribution in [3.63, 3.8) is 0 Å². The van der Waals surface area contributed by atoms with E-state index in [4.69, 9.17) is 4.74 Å². The second-order valence-corrected chi connectivity index (χ2v) is 8.07. The van der Waals surface area contributed by atoms with E-state index in [2.05, 4.69) is 96.2 Å². The minimum Gasteiger partial charge on any atom is -0.485 e. The van der Waals surface area contributed by atoms with Gasteiger partial charge in [0.2, 0.25) is 0 Å². The highest BCUT2D eigenvalue weighted by molar-refractivity contribution is 7.98. The smallest absolute Gasteiger partial charge is 0.191 e. The van der Waals surface area contributed by atoms with Crippen molar-refractivity contribution in [1.82, 2.24) is 14.8 Å². The number of hydrogen-bond acceptors (Lipinski definition) is 4. The minimum atomic E-state index is 0.417. The second kappa shape index (κ2) is 8.70. The van der Waals surface area contributed by atoms with E-state index in [0.717, 1.165) is 34.6 Å². The number of rotatable bonds is 7. The maximum Gasteiger partial charge on any atom is 0.191 e. The van der Waals surface area contributed by atoms with Crippen LogP contribution in [0.3, 0.4) is 0 Å². The molecule has 0 aliphatic heterocycles. The topological polar surface area (TPSA) is 39.9 Å². The Morgan fingerprint density at radius 1 is 0.966 bits per heavy atom. The minimum absolute atomic E-state index is 0.417. The lowest BCUT2D eigenvalue weighted by atomic mass is 10.1. The first kappa shape index (κ1) is 19.5. The van der Waals surface area contributed by atoms with E-state index in [1.54, 1.807) is 11.8 Å². The highest BCUT2D eigenvalue weighted by Gasteiger charge is 2.13. The summed E-state index contributed by atoms with van der Waals surface area (Å²) in [5.41, 5.74) is 3.63. The zero-order valence-corrected chi connectivity index (χ0v) is 17.9. The second-order valence-electron chi connectivity index (χ2n) is 7.13. The first-order chi connectivity index (χ1) is 14.2. The van der Waals surface area contributed by atoms with E-state index in [0.29, 0.717) is 6.61 Å². The Morgan fingerprint density at radius 2 is 1.79 bits per heavy atom. The van der Waals surface area contributed by atoms with Crippen LogP contribution in [0.15, 0.2) is 65.8 Å². The molecule has 0 amide bonds. The van der Waals surface area contributed by atoms with Crippen LogP contribution < -0.4 is 4.74 Å². The molecule has 148 valence electrons. The molecule has 5 heteroatoms. The number of fused-ring (bicyclic) bond motifs is 1. The maximum atomic E-state index is 6.05. The third kappa shape index (κ3) is 4.30. The van der Waals surface area contributed by atoms with Crippen LogP contribution in [0.25, 0.3) is 10.8 Å². The number of aryl methyl sites for hydroxylation is 2. The number of nitrogens with zero attached hydrogens (tertiary/aromatic N) is 3. The van der Waals surface area contributed by atoms with Crippen LogP contribution in [0.2, 0.25) is 0 Å². The van der Waals surface area contributed by atoms with Crippen molar-refractivity contribution in [2.45, 2.75) is 44.8 Å². The van der Waals surface area contributed by atoms with Crippen molar-refractivity contribution in [2.75, 3.05) is 0 Å². The molecule has 0 saturated carbocycles. The highest BCUT2D eigenvalue weighted by atomic mass is 32.2. The van der Waals surface area contributed by atoms with Crippen molar-refractivity contribution in [3.8, 4) is 5.75 Å². The van der Waals surface area contributed by atoms with Gasteiger partial charge in [-0.05, 0) is 54.3 Å². The van der Waals surface area contributed by atoms with Crippen molar-refractivity contribution in [1.29, 1.82) is 0 Å². The van der Waals surface area contributed by atoms with Gasteiger partial charge in [0.25, 0.3) is 0 Å². The van der Waals surface area contributed by atoms with Gasteiger partial charge in [0.15, 0.2) is 11.0 Å². The zero-order valence-electron chi connectivity index (χ0n) is 17.1. The summed E-state index contributed by atoms with van der Waals surface area (Å²) in [4.78, 5) is 0. The van der Waals surface area contributed by atoms with Crippen molar-refractivity contribution in [2.24, 2.45) is 0 Å². The first-order valence-electron chi connectivity index (χ1n) is 9.87. The molecule has 0 aliphatic rings. The van der Waals surface area contributed by atoms with Crippen LogP contribution in [-0.4, -0.2) is 14.8 Å². The molecule has 0 N–H and O–H groups in total. The van der Waals surface area contributed by atoms with E-state index in [1.807, 2.05) is 0 Å². The molecule has 0 bridgehead atoms. The van der Waals surface area contributed by atoms with E-state index >= 15 is 0 Å². The fraction of sp³-hybridized carbons (Fsp3) is 0.250. The van der Waals surface area contributed by atoms with Gasteiger partial charge in [0.05, 0.1) is 0 Å². The molecule has 0 atom stereocenters. The molecule has 0 radical (unpaired) electrons. The SMILES string of the molecule is CCn1c(COc2cc(C)ccc2C)nnc1SCc1cccc2ccccc12. The molecule has 3 aromatic carbocycles. The summed E-state index contributed by atoms with van der Waals surface area (Å²) in [6.45, 7) is 7.48. The van der Waals surface area contributed by atoms with Gasteiger partial charge in [-0.25, -0.2) is 0 Å². The number of benzene rings is 3. The van der Waals surface area contributed by atoms with Crippen LogP contribution in [0.5, 0.6) is 5.75 Å². The molecule has 1 aromatic heterocycles. The van der Waals surface area contributed by atoms with Crippen molar-refractivity contribution < 1.29 is 4.74 Å². The number of aromatic nitrogens is 3. The molecule has 0 unspecified atom stereocenters. The fourth-order valence-corrected chi connectivity index (χ4v) is 4.44. The van der Waals surface area contributed by atoms with Crippen molar-refractivity contribution in [3.05, 3.63) is 83.2 Å². The van der Waals surface area contributed by atoms with E-state index < -0.39 is 0 Å². The van der Waals surface area contributed by atoms with Crippen LogP contribution in [-0.2, 0) is 18.9 Å². The molecule has 29 heavy (non-hydrogen) atoms. The summed E-state index contributed by atoms with van der Waals surface area (Å²) >= 11 is 1.72. The lowest BCUT2D eigenvalue weighted by Crippen LogP contribution is -2.07. The van der Waals surface area contributed by atoms with Crippen LogP contribution in [0, 0.1) is 13.8 Å². The van der Waals surface area contributed by atoms with Gasteiger partial charge >= 0.3 is 0 Å². The van der Waals surface area contributed by atoms with Gasteiger partial charge in [0.1, 0.15) is 12.4 Å². The molecular weight excluding hydrogens is 378 g/mol. The summed E-state index contributed by atoms with van der Waals surface area (Å²) in [5, 5.41) is 12.3. The number of hydrogen-bond donors (Lipinski definition) is 0. The molecule has 0 fully saturated rings. The van der Waals surface area contributed by atoms with Crippen LogP contribution in [0.1, 0.15) is 29.4 Å². The Balaban J connectivity index is 1.49. The lowest BCUT2D eigenvalue weighted by molar-refractivity contribution is 0.286. The maximum absolute atomic E-state index is 6.05. The van der Waals surface area contributed by atoms with E-state index in [-0.39, 0.29) is 0 Å². The quantitative estimate of drug-likeness (QED) is 0.358. The van der Waals surface area contributed by atoms with E-state index in [1.165, 1.54) is 21.9 Å². The van der Waals surface area contributed by atoms with Gasteiger partial charge in [-0.15, -0.1) is 10.2 Å². The predicted molar refractivity (Wildman–Crippen MR) is 119 cm³/mol. The Labute approximate surface area is 175 Å². The Bertz CT molecular complexity index is 1130. The van der Waals surface area contributed by atoms with Crippen LogP contribution >= 0.6 is 11.8 Å². The summed E-state index contributed by atoms with van der Waals surface area (Å²) < 4.78 is 8.19. The van der Waals surface area contributed by atoms with Crippen LogP contribution in [0.4, 0.5) is 0 Å².